The molecule has 0 saturated heterocycles. The quantitative estimate of drug-likeness (QED) is 0.859. The highest BCUT2D eigenvalue weighted by Gasteiger charge is 2.25. The number of aliphatic carboxylic acids is 1. The molecule has 5 heteroatoms. The number of hydrogen-bond acceptors (Lipinski definition) is 3. The Labute approximate surface area is 109 Å². The molecule has 0 amide bonds. The fourth-order valence-corrected chi connectivity index (χ4v) is 2.70. The van der Waals surface area contributed by atoms with Gasteiger partial charge in [0.05, 0.1) is 17.4 Å². The Hall–Kier alpha value is -1.20. The maximum atomic E-state index is 12.1. The van der Waals surface area contributed by atoms with E-state index < -0.39 is 22.0 Å². The van der Waals surface area contributed by atoms with Gasteiger partial charge in [-0.05, 0) is 23.6 Å². The Morgan fingerprint density at radius 2 is 1.89 bits per heavy atom. The zero-order valence-electron chi connectivity index (χ0n) is 10.8. The van der Waals surface area contributed by atoms with E-state index in [1.807, 2.05) is 12.1 Å². The molecule has 0 aliphatic rings. The van der Waals surface area contributed by atoms with Crippen LogP contribution in [-0.2, 0) is 20.3 Å². The normalized spacial score (nSPS) is 14.4. The summed E-state index contributed by atoms with van der Waals surface area (Å²) in [7, 11) is -0.199. The van der Waals surface area contributed by atoms with E-state index in [1.54, 1.807) is 12.1 Å². The van der Waals surface area contributed by atoms with E-state index in [0.29, 0.717) is 10.8 Å². The Bertz CT molecular complexity index is 425. The molecule has 1 aromatic carbocycles. The number of carbonyl (C=O) groups is 1. The van der Waals surface area contributed by atoms with Gasteiger partial charge in [0.15, 0.2) is 5.25 Å². The summed E-state index contributed by atoms with van der Waals surface area (Å²) in [6, 6.07) is 7.20. The molecule has 0 aromatic heterocycles. The van der Waals surface area contributed by atoms with E-state index >= 15 is 0 Å². The summed E-state index contributed by atoms with van der Waals surface area (Å²) in [4.78, 5) is 11.5. The molecule has 1 rings (SSSR count). The van der Waals surface area contributed by atoms with E-state index in [9.17, 15) is 9.00 Å². The predicted octanol–water partition coefficient (Wildman–Crippen LogP) is 2.02. The molecule has 1 aromatic rings. The van der Waals surface area contributed by atoms with Gasteiger partial charge in [0.2, 0.25) is 0 Å². The number of carboxylic acid groups (broad SMARTS) is 1. The van der Waals surface area contributed by atoms with E-state index in [2.05, 4.69) is 13.8 Å². The van der Waals surface area contributed by atoms with Gasteiger partial charge in [-0.3, -0.25) is 9.00 Å². The average Bonchev–Trinajstić information content (AvgIpc) is 2.35. The second kappa shape index (κ2) is 6.66. The van der Waals surface area contributed by atoms with Gasteiger partial charge in [0.1, 0.15) is 0 Å². The van der Waals surface area contributed by atoms with Crippen molar-refractivity contribution in [1.82, 2.24) is 0 Å². The van der Waals surface area contributed by atoms with Gasteiger partial charge in [-0.25, -0.2) is 0 Å². The van der Waals surface area contributed by atoms with E-state index in [4.69, 9.17) is 9.84 Å². The van der Waals surface area contributed by atoms with Crippen molar-refractivity contribution in [3.63, 3.8) is 0 Å². The smallest absolute Gasteiger partial charge is 0.322 e. The fourth-order valence-electron chi connectivity index (χ4n) is 1.53. The van der Waals surface area contributed by atoms with Crippen LogP contribution < -0.4 is 0 Å². The molecular weight excluding hydrogens is 252 g/mol. The van der Waals surface area contributed by atoms with Crippen LogP contribution >= 0.6 is 0 Å². The summed E-state index contributed by atoms with van der Waals surface area (Å²) < 4.78 is 16.9. The van der Waals surface area contributed by atoms with Crippen molar-refractivity contribution < 1.29 is 18.8 Å². The van der Waals surface area contributed by atoms with Crippen LogP contribution in [0.4, 0.5) is 0 Å². The van der Waals surface area contributed by atoms with Crippen molar-refractivity contribution in [3.8, 4) is 0 Å². The molecule has 0 aliphatic heterocycles. The van der Waals surface area contributed by atoms with Crippen LogP contribution in [0.15, 0.2) is 29.2 Å². The first-order chi connectivity index (χ1) is 8.47. The molecule has 0 radical (unpaired) electrons. The maximum Gasteiger partial charge on any atom is 0.322 e. The Kier molecular flexibility index (Phi) is 5.50. The van der Waals surface area contributed by atoms with Crippen LogP contribution in [0.1, 0.15) is 25.3 Å². The van der Waals surface area contributed by atoms with Gasteiger partial charge in [-0.1, -0.05) is 26.0 Å². The largest absolute Gasteiger partial charge is 0.480 e. The molecule has 0 saturated carbocycles. The summed E-state index contributed by atoms with van der Waals surface area (Å²) in [6.45, 7) is 4.07. The second-order valence-electron chi connectivity index (χ2n) is 4.30. The number of rotatable bonds is 6. The molecule has 0 heterocycles. The lowest BCUT2D eigenvalue weighted by Gasteiger charge is -2.12. The lowest BCUT2D eigenvalue weighted by atomic mass is 10.0. The summed E-state index contributed by atoms with van der Waals surface area (Å²) in [5.74, 6) is -0.718. The lowest BCUT2D eigenvalue weighted by molar-refractivity contribution is -0.137. The van der Waals surface area contributed by atoms with Crippen LogP contribution in [0.25, 0.3) is 0 Å². The first-order valence-electron chi connectivity index (χ1n) is 5.69. The van der Waals surface area contributed by atoms with Crippen LogP contribution in [0.3, 0.4) is 0 Å². The molecule has 1 N–H and O–H groups in total. The van der Waals surface area contributed by atoms with Crippen molar-refractivity contribution in [2.75, 3.05) is 13.7 Å². The van der Waals surface area contributed by atoms with Crippen molar-refractivity contribution >= 4 is 16.8 Å². The lowest BCUT2D eigenvalue weighted by Crippen LogP contribution is -2.30. The number of carboxylic acids is 1. The number of benzene rings is 1. The molecule has 0 fully saturated rings. The average molecular weight is 270 g/mol. The van der Waals surface area contributed by atoms with Gasteiger partial charge in [0.25, 0.3) is 0 Å². The zero-order chi connectivity index (χ0) is 13.7. The van der Waals surface area contributed by atoms with Gasteiger partial charge >= 0.3 is 5.97 Å². The highest BCUT2D eigenvalue weighted by atomic mass is 32.2. The topological polar surface area (TPSA) is 63.6 Å². The van der Waals surface area contributed by atoms with Gasteiger partial charge in [-0.15, -0.1) is 0 Å². The van der Waals surface area contributed by atoms with Gasteiger partial charge < -0.3 is 9.84 Å². The van der Waals surface area contributed by atoms with Crippen LogP contribution in [-0.4, -0.2) is 34.3 Å². The maximum absolute atomic E-state index is 12.1. The molecule has 0 spiro atoms. The van der Waals surface area contributed by atoms with Crippen LogP contribution in [0, 0.1) is 0 Å². The Morgan fingerprint density at radius 3 is 2.28 bits per heavy atom. The van der Waals surface area contributed by atoms with E-state index in [1.165, 1.54) is 7.11 Å². The molecule has 0 bridgehead atoms. The predicted molar refractivity (Wildman–Crippen MR) is 70.2 cm³/mol. The Morgan fingerprint density at radius 1 is 1.33 bits per heavy atom. The SMILES string of the molecule is COCC(C(=O)O)S(=O)c1ccc(C(C)C)cc1. The third-order valence-electron chi connectivity index (χ3n) is 2.63. The van der Waals surface area contributed by atoms with Crippen molar-refractivity contribution in [3.05, 3.63) is 29.8 Å². The fraction of sp³-hybridized carbons (Fsp3) is 0.462. The first kappa shape index (κ1) is 14.9. The number of methoxy groups -OCH3 is 1. The van der Waals surface area contributed by atoms with Crippen LogP contribution in [0.5, 0.6) is 0 Å². The molecule has 0 aliphatic carbocycles. The minimum absolute atomic E-state index is 0.0616. The summed E-state index contributed by atoms with van der Waals surface area (Å²) >= 11 is 0. The van der Waals surface area contributed by atoms with Crippen LogP contribution in [0.2, 0.25) is 0 Å². The standard InChI is InChI=1S/C13H18O4S/c1-9(2)10-4-6-11(7-5-10)18(16)12(8-17-3)13(14)15/h4-7,9,12H,8H2,1-3H3,(H,14,15). The monoisotopic (exact) mass is 270 g/mol. The van der Waals surface area contributed by atoms with E-state index in [0.717, 1.165) is 5.56 Å². The molecule has 4 nitrogen and oxygen atoms in total. The van der Waals surface area contributed by atoms with Crippen molar-refractivity contribution in [2.45, 2.75) is 29.9 Å². The minimum Gasteiger partial charge on any atom is -0.480 e. The third kappa shape index (κ3) is 3.65. The Balaban J connectivity index is 2.91. The number of hydrogen-bond donors (Lipinski definition) is 1. The summed E-state index contributed by atoms with van der Waals surface area (Å²) in [5, 5.41) is 7.98. The summed E-state index contributed by atoms with van der Waals surface area (Å²) in [6.07, 6.45) is 0. The van der Waals surface area contributed by atoms with E-state index in [-0.39, 0.29) is 6.61 Å². The number of ether oxygens (including phenoxy) is 1. The molecular formula is C13H18O4S. The van der Waals surface area contributed by atoms with Crippen molar-refractivity contribution in [1.29, 1.82) is 0 Å². The highest BCUT2D eigenvalue weighted by Crippen LogP contribution is 2.18. The van der Waals surface area contributed by atoms with Gasteiger partial charge in [-0.2, -0.15) is 0 Å². The molecule has 2 unspecified atom stereocenters. The van der Waals surface area contributed by atoms with Crippen molar-refractivity contribution in [2.24, 2.45) is 0 Å². The third-order valence-corrected chi connectivity index (χ3v) is 4.22. The molecule has 2 atom stereocenters. The van der Waals surface area contributed by atoms with Gasteiger partial charge in [0, 0.05) is 12.0 Å². The molecule has 18 heavy (non-hydrogen) atoms. The minimum atomic E-state index is -1.60. The zero-order valence-corrected chi connectivity index (χ0v) is 11.6. The first-order valence-corrected chi connectivity index (χ1v) is 6.91. The second-order valence-corrected chi connectivity index (χ2v) is 5.94. The summed E-state index contributed by atoms with van der Waals surface area (Å²) in [5.41, 5.74) is 1.13. The highest BCUT2D eigenvalue weighted by molar-refractivity contribution is 7.86. The molecule has 100 valence electrons.